The number of sulfonamides is 1. The van der Waals surface area contributed by atoms with Gasteiger partial charge in [0.05, 0.1) is 6.26 Å². The summed E-state index contributed by atoms with van der Waals surface area (Å²) in [7, 11) is -3.19. The first-order chi connectivity index (χ1) is 9.49. The van der Waals surface area contributed by atoms with Crippen LogP contribution in [0.2, 0.25) is 0 Å². The van der Waals surface area contributed by atoms with E-state index in [4.69, 9.17) is 0 Å². The number of nitrogens with one attached hydrogen (secondary N) is 2. The second-order valence-electron chi connectivity index (χ2n) is 4.45. The number of fused-ring (bicyclic) bond motifs is 1. The third kappa shape index (κ3) is 3.87. The minimum absolute atomic E-state index is 0.272. The van der Waals surface area contributed by atoms with Gasteiger partial charge >= 0.3 is 0 Å². The average molecular weight is 298 g/mol. The van der Waals surface area contributed by atoms with E-state index in [2.05, 4.69) is 32.3 Å². The Kier molecular flexibility index (Phi) is 4.50. The highest BCUT2D eigenvalue weighted by atomic mass is 32.2. The van der Waals surface area contributed by atoms with Crippen LogP contribution in [-0.4, -0.2) is 47.6 Å². The average Bonchev–Trinajstić information content (AvgIpc) is 2.78. The predicted molar refractivity (Wildman–Crippen MR) is 76.1 cm³/mol. The quantitative estimate of drug-likeness (QED) is 0.748. The molecule has 110 valence electrons. The van der Waals surface area contributed by atoms with Gasteiger partial charge in [-0.1, -0.05) is 6.92 Å². The van der Waals surface area contributed by atoms with E-state index in [-0.39, 0.29) is 6.54 Å². The van der Waals surface area contributed by atoms with E-state index in [1.54, 1.807) is 4.52 Å². The van der Waals surface area contributed by atoms with Gasteiger partial charge in [0.1, 0.15) is 5.82 Å². The summed E-state index contributed by atoms with van der Waals surface area (Å²) in [4.78, 5) is 0. The second kappa shape index (κ2) is 6.14. The minimum Gasteiger partial charge on any atom is -0.369 e. The summed E-state index contributed by atoms with van der Waals surface area (Å²) in [5.74, 6) is 1.37. The van der Waals surface area contributed by atoms with Gasteiger partial charge in [-0.25, -0.2) is 13.1 Å². The number of aromatic nitrogens is 4. The Morgan fingerprint density at radius 2 is 2.05 bits per heavy atom. The fourth-order valence-electron chi connectivity index (χ4n) is 1.68. The van der Waals surface area contributed by atoms with E-state index in [1.807, 2.05) is 12.1 Å². The number of rotatable bonds is 7. The summed E-state index contributed by atoms with van der Waals surface area (Å²) in [5.41, 5.74) is 0.640. The molecule has 0 spiro atoms. The van der Waals surface area contributed by atoms with Gasteiger partial charge in [0.15, 0.2) is 11.5 Å². The van der Waals surface area contributed by atoms with Crippen molar-refractivity contribution in [2.24, 2.45) is 0 Å². The zero-order valence-corrected chi connectivity index (χ0v) is 12.3. The molecule has 2 aromatic heterocycles. The molecule has 0 aliphatic heterocycles. The van der Waals surface area contributed by atoms with E-state index in [9.17, 15) is 8.42 Å². The van der Waals surface area contributed by atoms with Crippen molar-refractivity contribution in [3.8, 4) is 0 Å². The van der Waals surface area contributed by atoms with Crippen LogP contribution in [0.15, 0.2) is 12.1 Å². The lowest BCUT2D eigenvalue weighted by atomic mass is 10.4. The molecule has 0 unspecified atom stereocenters. The maximum Gasteiger partial charge on any atom is 0.208 e. The smallest absolute Gasteiger partial charge is 0.208 e. The van der Waals surface area contributed by atoms with Crippen molar-refractivity contribution < 1.29 is 8.42 Å². The van der Waals surface area contributed by atoms with Crippen LogP contribution < -0.4 is 10.0 Å². The lowest BCUT2D eigenvalue weighted by Gasteiger charge is -2.05. The maximum absolute atomic E-state index is 11.0. The van der Waals surface area contributed by atoms with Crippen molar-refractivity contribution >= 4 is 21.5 Å². The molecule has 0 saturated heterocycles. The highest BCUT2D eigenvalue weighted by molar-refractivity contribution is 7.88. The minimum atomic E-state index is -3.19. The number of anilines is 1. The number of hydrogen-bond acceptors (Lipinski definition) is 6. The standard InChI is InChI=1S/C11H18N6O2S/c1-3-7-12-9-4-5-10-14-15-11(17(10)16-9)6-8-13-20(2,18)19/h4-5,13H,3,6-8H2,1-2H3,(H,12,16). The number of nitrogens with zero attached hydrogens (tertiary/aromatic N) is 4. The monoisotopic (exact) mass is 298 g/mol. The molecule has 0 radical (unpaired) electrons. The van der Waals surface area contributed by atoms with Gasteiger partial charge in [-0.2, -0.15) is 4.52 Å². The molecular weight excluding hydrogens is 280 g/mol. The van der Waals surface area contributed by atoms with Crippen LogP contribution in [0.1, 0.15) is 19.2 Å². The first-order valence-corrected chi connectivity index (χ1v) is 8.28. The Morgan fingerprint density at radius 1 is 1.25 bits per heavy atom. The van der Waals surface area contributed by atoms with Crippen molar-refractivity contribution in [3.63, 3.8) is 0 Å². The van der Waals surface area contributed by atoms with Crippen molar-refractivity contribution in [2.45, 2.75) is 19.8 Å². The third-order valence-electron chi connectivity index (χ3n) is 2.60. The zero-order chi connectivity index (χ0) is 14.6. The molecule has 0 saturated carbocycles. The van der Waals surface area contributed by atoms with Gasteiger partial charge in [-0.05, 0) is 18.6 Å². The number of hydrogen-bond donors (Lipinski definition) is 2. The van der Waals surface area contributed by atoms with Crippen molar-refractivity contribution in [1.29, 1.82) is 0 Å². The lowest BCUT2D eigenvalue weighted by Crippen LogP contribution is -2.25. The second-order valence-corrected chi connectivity index (χ2v) is 6.28. The summed E-state index contributed by atoms with van der Waals surface area (Å²) < 4.78 is 26.1. The molecule has 2 heterocycles. The maximum atomic E-state index is 11.0. The molecule has 20 heavy (non-hydrogen) atoms. The fraction of sp³-hybridized carbons (Fsp3) is 0.545. The molecule has 0 aliphatic carbocycles. The summed E-state index contributed by atoms with van der Waals surface area (Å²) in [6.45, 7) is 3.19. The topological polar surface area (TPSA) is 101 Å². The van der Waals surface area contributed by atoms with E-state index in [0.29, 0.717) is 17.9 Å². The van der Waals surface area contributed by atoms with Crippen LogP contribution >= 0.6 is 0 Å². The highest BCUT2D eigenvalue weighted by Gasteiger charge is 2.08. The summed E-state index contributed by atoms with van der Waals surface area (Å²) in [6, 6.07) is 3.67. The zero-order valence-electron chi connectivity index (χ0n) is 11.5. The van der Waals surface area contributed by atoms with Crippen molar-refractivity contribution in [1.82, 2.24) is 24.5 Å². The molecule has 0 bridgehead atoms. The van der Waals surface area contributed by atoms with Crippen molar-refractivity contribution in [3.05, 3.63) is 18.0 Å². The van der Waals surface area contributed by atoms with Crippen LogP contribution in [0.4, 0.5) is 5.82 Å². The Labute approximate surface area is 117 Å². The first kappa shape index (κ1) is 14.7. The normalized spacial score (nSPS) is 11.9. The first-order valence-electron chi connectivity index (χ1n) is 6.39. The molecule has 2 N–H and O–H groups in total. The Balaban J connectivity index is 2.12. The molecule has 0 aliphatic rings. The SMILES string of the molecule is CCCNc1ccc2nnc(CCNS(C)(=O)=O)n2n1. The Hall–Kier alpha value is -1.74. The van der Waals surface area contributed by atoms with E-state index < -0.39 is 10.0 Å². The largest absolute Gasteiger partial charge is 0.369 e. The molecule has 2 rings (SSSR count). The van der Waals surface area contributed by atoms with Crippen LogP contribution in [-0.2, 0) is 16.4 Å². The van der Waals surface area contributed by atoms with Gasteiger partial charge in [-0.15, -0.1) is 15.3 Å². The predicted octanol–water partition coefficient (Wildman–Crippen LogP) is 0.0379. The molecule has 8 nitrogen and oxygen atoms in total. The molecular formula is C11H18N6O2S. The molecule has 2 aromatic rings. The molecule has 0 amide bonds. The van der Waals surface area contributed by atoms with E-state index in [0.717, 1.165) is 25.0 Å². The third-order valence-corrected chi connectivity index (χ3v) is 3.32. The fourth-order valence-corrected chi connectivity index (χ4v) is 2.16. The van der Waals surface area contributed by atoms with Crippen LogP contribution in [0, 0.1) is 0 Å². The molecule has 0 aromatic carbocycles. The summed E-state index contributed by atoms with van der Waals surface area (Å²) in [5, 5.41) is 15.6. The summed E-state index contributed by atoms with van der Waals surface area (Å²) in [6.07, 6.45) is 2.56. The molecule has 0 fully saturated rings. The molecule has 0 atom stereocenters. The summed E-state index contributed by atoms with van der Waals surface area (Å²) >= 11 is 0. The van der Waals surface area contributed by atoms with E-state index >= 15 is 0 Å². The Bertz CT molecular complexity index is 681. The van der Waals surface area contributed by atoms with Gasteiger partial charge in [-0.3, -0.25) is 0 Å². The Morgan fingerprint density at radius 3 is 2.75 bits per heavy atom. The van der Waals surface area contributed by atoms with Gasteiger partial charge < -0.3 is 5.32 Å². The van der Waals surface area contributed by atoms with Gasteiger partial charge in [0.25, 0.3) is 0 Å². The van der Waals surface area contributed by atoms with E-state index in [1.165, 1.54) is 0 Å². The van der Waals surface area contributed by atoms with Gasteiger partial charge in [0.2, 0.25) is 10.0 Å². The van der Waals surface area contributed by atoms with Crippen LogP contribution in [0.3, 0.4) is 0 Å². The van der Waals surface area contributed by atoms with Crippen LogP contribution in [0.5, 0.6) is 0 Å². The van der Waals surface area contributed by atoms with Gasteiger partial charge in [0, 0.05) is 19.5 Å². The van der Waals surface area contributed by atoms with Crippen molar-refractivity contribution in [2.75, 3.05) is 24.7 Å². The lowest BCUT2D eigenvalue weighted by molar-refractivity contribution is 0.586. The molecule has 9 heteroatoms. The highest BCUT2D eigenvalue weighted by Crippen LogP contribution is 2.07. The van der Waals surface area contributed by atoms with Crippen LogP contribution in [0.25, 0.3) is 5.65 Å².